The lowest BCUT2D eigenvalue weighted by molar-refractivity contribution is -0.185. The van der Waals surface area contributed by atoms with Crippen LogP contribution < -0.4 is 0 Å². The van der Waals surface area contributed by atoms with Crippen LogP contribution in [-0.4, -0.2) is 23.1 Å². The molecule has 0 aromatic heterocycles. The van der Waals surface area contributed by atoms with Gasteiger partial charge in [-0.3, -0.25) is 14.4 Å². The summed E-state index contributed by atoms with van der Waals surface area (Å²) in [6.07, 6.45) is 9.20. The van der Waals surface area contributed by atoms with Crippen molar-refractivity contribution in [1.29, 1.82) is 0 Å². The zero-order valence-electron chi connectivity index (χ0n) is 17.8. The zero-order chi connectivity index (χ0) is 20.5. The normalized spacial score (nSPS) is 44.6. The number of rotatable bonds is 2. The zero-order valence-corrected chi connectivity index (χ0v) is 17.8. The van der Waals surface area contributed by atoms with Crippen molar-refractivity contribution in [2.24, 2.45) is 28.6 Å². The van der Waals surface area contributed by atoms with Crippen LogP contribution in [0.25, 0.3) is 0 Å². The number of esters is 1. The predicted molar refractivity (Wildman–Crippen MR) is 106 cm³/mol. The van der Waals surface area contributed by atoms with E-state index in [1.54, 1.807) is 6.92 Å². The molecule has 0 aromatic rings. The molecule has 4 aliphatic carbocycles. The van der Waals surface area contributed by atoms with Crippen LogP contribution in [0.3, 0.4) is 0 Å². The number of Topliss-reactive ketones (excluding diaryl/α,β-unsaturated/α-hetero) is 1. The highest BCUT2D eigenvalue weighted by Crippen LogP contribution is 2.67. The molecule has 5 unspecified atom stereocenters. The fourth-order valence-corrected chi connectivity index (χ4v) is 7.48. The Hall–Kier alpha value is -1.71. The van der Waals surface area contributed by atoms with E-state index in [1.165, 1.54) is 18.1 Å². The first-order chi connectivity index (χ1) is 13.0. The molecule has 152 valence electrons. The first kappa shape index (κ1) is 19.6. The van der Waals surface area contributed by atoms with Crippen LogP contribution in [0.4, 0.5) is 0 Å². The third-order valence-corrected chi connectivity index (χ3v) is 8.84. The van der Waals surface area contributed by atoms with Crippen molar-refractivity contribution < 1.29 is 19.1 Å². The molecule has 0 radical (unpaired) electrons. The van der Waals surface area contributed by atoms with Crippen LogP contribution in [0.2, 0.25) is 0 Å². The lowest BCUT2D eigenvalue weighted by Gasteiger charge is -2.58. The van der Waals surface area contributed by atoms with Gasteiger partial charge >= 0.3 is 5.97 Å². The third kappa shape index (κ3) is 2.39. The minimum absolute atomic E-state index is 0.0160. The minimum atomic E-state index is -0.990. The van der Waals surface area contributed by atoms with E-state index in [1.807, 2.05) is 6.08 Å². The summed E-state index contributed by atoms with van der Waals surface area (Å²) >= 11 is 0. The maximum Gasteiger partial charge on any atom is 0.303 e. The van der Waals surface area contributed by atoms with E-state index in [0.717, 1.165) is 25.7 Å². The second-order valence-corrected chi connectivity index (χ2v) is 10.1. The first-order valence-corrected chi connectivity index (χ1v) is 10.7. The number of hydrogen-bond acceptors (Lipinski definition) is 4. The van der Waals surface area contributed by atoms with Crippen molar-refractivity contribution in [3.63, 3.8) is 0 Å². The molecule has 4 aliphatic rings. The van der Waals surface area contributed by atoms with Gasteiger partial charge in [-0.15, -0.1) is 0 Å². The van der Waals surface area contributed by atoms with Gasteiger partial charge in [0.1, 0.15) is 0 Å². The molecule has 4 nitrogen and oxygen atoms in total. The van der Waals surface area contributed by atoms with Crippen LogP contribution in [0.1, 0.15) is 73.1 Å². The van der Waals surface area contributed by atoms with Gasteiger partial charge < -0.3 is 4.74 Å². The summed E-state index contributed by atoms with van der Waals surface area (Å²) in [4.78, 5) is 36.8. The summed E-state index contributed by atoms with van der Waals surface area (Å²) in [6.45, 7) is 9.63. The molecule has 6 atom stereocenters. The summed E-state index contributed by atoms with van der Waals surface area (Å²) in [6, 6.07) is 0. The van der Waals surface area contributed by atoms with E-state index in [2.05, 4.69) is 26.8 Å². The highest BCUT2D eigenvalue weighted by Gasteiger charge is 2.67. The van der Waals surface area contributed by atoms with Crippen LogP contribution >= 0.6 is 0 Å². The average Bonchev–Trinajstić information content (AvgIpc) is 2.90. The van der Waals surface area contributed by atoms with Crippen molar-refractivity contribution in [1.82, 2.24) is 0 Å². The number of carbonyl (C=O) groups excluding carboxylic acids is 3. The van der Waals surface area contributed by atoms with E-state index in [9.17, 15) is 14.4 Å². The molecule has 2 saturated carbocycles. The van der Waals surface area contributed by atoms with Gasteiger partial charge in [0.15, 0.2) is 17.2 Å². The molecule has 0 spiro atoms. The predicted octanol–water partition coefficient (Wildman–Crippen LogP) is 4.58. The molecule has 0 heterocycles. The van der Waals surface area contributed by atoms with E-state index < -0.39 is 5.60 Å². The van der Waals surface area contributed by atoms with Crippen molar-refractivity contribution in [3.05, 3.63) is 23.3 Å². The Labute approximate surface area is 167 Å². The molecular formula is C24H32O4. The van der Waals surface area contributed by atoms with E-state index in [-0.39, 0.29) is 28.4 Å². The van der Waals surface area contributed by atoms with Gasteiger partial charge in [-0.2, -0.15) is 0 Å². The molecule has 0 bridgehead atoms. The van der Waals surface area contributed by atoms with E-state index in [4.69, 9.17) is 4.74 Å². The SMILES string of the molecule is CC(=O)O[C@@]1(C(C)=O)CCC2C3C=C(C)C4=CC(=O)CCC4(C)C3CCC21C. The van der Waals surface area contributed by atoms with E-state index in [0.29, 0.717) is 30.6 Å². The van der Waals surface area contributed by atoms with Crippen LogP contribution in [0.15, 0.2) is 23.3 Å². The second-order valence-electron chi connectivity index (χ2n) is 10.1. The Morgan fingerprint density at radius 3 is 2.39 bits per heavy atom. The number of allylic oxidation sites excluding steroid dienone is 4. The van der Waals surface area contributed by atoms with Crippen LogP contribution in [-0.2, 0) is 19.1 Å². The van der Waals surface area contributed by atoms with Gasteiger partial charge in [-0.05, 0) is 80.8 Å². The van der Waals surface area contributed by atoms with Gasteiger partial charge in [-0.1, -0.05) is 25.5 Å². The van der Waals surface area contributed by atoms with Crippen molar-refractivity contribution in [2.75, 3.05) is 0 Å². The fraction of sp³-hybridized carbons (Fsp3) is 0.708. The molecule has 0 N–H and O–H groups in total. The Bertz CT molecular complexity index is 820. The minimum Gasteiger partial charge on any atom is -0.451 e. The van der Waals surface area contributed by atoms with Gasteiger partial charge in [0.2, 0.25) is 0 Å². The van der Waals surface area contributed by atoms with E-state index >= 15 is 0 Å². The van der Waals surface area contributed by atoms with Gasteiger partial charge in [0.05, 0.1) is 0 Å². The summed E-state index contributed by atoms with van der Waals surface area (Å²) in [5.41, 5.74) is 1.15. The second kappa shape index (κ2) is 6.14. The molecule has 0 aliphatic heterocycles. The molecule has 0 saturated heterocycles. The third-order valence-electron chi connectivity index (χ3n) is 8.84. The number of hydrogen-bond donors (Lipinski definition) is 0. The highest BCUT2D eigenvalue weighted by molar-refractivity contribution is 5.92. The highest BCUT2D eigenvalue weighted by atomic mass is 16.6. The standard InChI is InChI=1S/C24H32O4/c1-14-12-18-19(22(4)9-6-17(27)13-21(14)22)7-10-23(5)20(18)8-11-24(23,15(2)25)28-16(3)26/h12-13,18-20H,6-11H2,1-5H3/t18?,19?,20?,22?,23?,24-/m1/s1. The Balaban J connectivity index is 1.79. The molecular weight excluding hydrogens is 352 g/mol. The smallest absolute Gasteiger partial charge is 0.303 e. The number of ketones is 2. The van der Waals surface area contributed by atoms with Gasteiger partial charge in [0.25, 0.3) is 0 Å². The largest absolute Gasteiger partial charge is 0.451 e. The summed E-state index contributed by atoms with van der Waals surface area (Å²) in [5, 5.41) is 0. The fourth-order valence-electron chi connectivity index (χ4n) is 7.48. The summed E-state index contributed by atoms with van der Waals surface area (Å²) in [5.74, 6) is 1.03. The molecule has 0 aromatic carbocycles. The molecule has 4 rings (SSSR count). The number of carbonyl (C=O) groups is 3. The topological polar surface area (TPSA) is 60.4 Å². The van der Waals surface area contributed by atoms with Crippen LogP contribution in [0.5, 0.6) is 0 Å². The quantitative estimate of drug-likeness (QED) is 0.654. The maximum absolute atomic E-state index is 12.8. The Morgan fingerprint density at radius 1 is 1.07 bits per heavy atom. The monoisotopic (exact) mass is 384 g/mol. The maximum atomic E-state index is 12.8. The summed E-state index contributed by atoms with van der Waals surface area (Å²) in [7, 11) is 0. The number of fused-ring (bicyclic) bond motifs is 5. The number of ether oxygens (including phenoxy) is 1. The molecule has 4 heteroatoms. The van der Waals surface area contributed by atoms with Crippen molar-refractivity contribution in [3.8, 4) is 0 Å². The Morgan fingerprint density at radius 2 is 1.75 bits per heavy atom. The van der Waals surface area contributed by atoms with Crippen LogP contribution in [0, 0.1) is 28.6 Å². The first-order valence-electron chi connectivity index (χ1n) is 10.7. The Kier molecular flexibility index (Phi) is 4.30. The van der Waals surface area contributed by atoms with Crippen molar-refractivity contribution in [2.45, 2.75) is 78.7 Å². The molecule has 0 amide bonds. The lowest BCUT2D eigenvalue weighted by Crippen LogP contribution is -2.58. The van der Waals surface area contributed by atoms with Gasteiger partial charge in [-0.25, -0.2) is 0 Å². The summed E-state index contributed by atoms with van der Waals surface area (Å²) < 4.78 is 5.82. The average molecular weight is 385 g/mol. The molecule has 28 heavy (non-hydrogen) atoms. The molecule has 2 fully saturated rings. The lowest BCUT2D eigenvalue weighted by atomic mass is 9.47. The van der Waals surface area contributed by atoms with Gasteiger partial charge in [0, 0.05) is 18.8 Å². The van der Waals surface area contributed by atoms with Crippen molar-refractivity contribution >= 4 is 17.5 Å².